The summed E-state index contributed by atoms with van der Waals surface area (Å²) in [6, 6.07) is -0.228. The lowest BCUT2D eigenvalue weighted by molar-refractivity contribution is -0.124. The number of nitrogens with zero attached hydrogens (tertiary/aromatic N) is 1. The number of carbonyl (C=O) groups is 2. The van der Waals surface area contributed by atoms with Crippen molar-refractivity contribution in [2.45, 2.75) is 63.5 Å². The Morgan fingerprint density at radius 2 is 1.95 bits per heavy atom. The molecule has 4 heteroatoms. The van der Waals surface area contributed by atoms with Gasteiger partial charge in [0, 0.05) is 13.0 Å². The Morgan fingerprint density at radius 3 is 2.68 bits per heavy atom. The summed E-state index contributed by atoms with van der Waals surface area (Å²) in [5.41, 5.74) is 3.62. The maximum atomic E-state index is 12.7. The fourth-order valence-corrected chi connectivity index (χ4v) is 5.35. The lowest BCUT2D eigenvalue weighted by atomic mass is 9.89. The molecule has 0 radical (unpaired) electrons. The van der Waals surface area contributed by atoms with Crippen LogP contribution in [0, 0.1) is 0 Å². The van der Waals surface area contributed by atoms with Gasteiger partial charge >= 0.3 is 0 Å². The number of fused-ring (bicyclic) bond motifs is 1. The molecule has 0 bridgehead atoms. The molecule has 1 unspecified atom stereocenters. The van der Waals surface area contributed by atoms with Crippen molar-refractivity contribution in [1.29, 1.82) is 0 Å². The van der Waals surface area contributed by atoms with Crippen LogP contribution in [0.3, 0.4) is 0 Å². The molecule has 0 aromatic carbocycles. The topological polar surface area (TPSA) is 37.4 Å². The standard InChI is InChI=1S/C18H21NO2S/c1-11-6-7-15(16(20)8-11)19-9-13-14(12-4-2-3-5-12)10-22-17(13)18(19)21/h10,12,15H,1-9H2. The lowest BCUT2D eigenvalue weighted by Gasteiger charge is -2.30. The van der Waals surface area contributed by atoms with E-state index in [4.69, 9.17) is 0 Å². The van der Waals surface area contributed by atoms with Gasteiger partial charge in [-0.2, -0.15) is 0 Å². The van der Waals surface area contributed by atoms with Crippen LogP contribution in [0.2, 0.25) is 0 Å². The molecule has 1 aliphatic heterocycles. The lowest BCUT2D eigenvalue weighted by Crippen LogP contribution is -2.43. The number of allylic oxidation sites excluding steroid dienone is 1. The minimum absolute atomic E-state index is 0.0788. The van der Waals surface area contributed by atoms with Gasteiger partial charge in [-0.25, -0.2) is 0 Å². The van der Waals surface area contributed by atoms with Gasteiger partial charge in [0.15, 0.2) is 5.78 Å². The zero-order chi connectivity index (χ0) is 15.3. The van der Waals surface area contributed by atoms with Crippen molar-refractivity contribution >= 4 is 23.0 Å². The maximum Gasteiger partial charge on any atom is 0.265 e. The van der Waals surface area contributed by atoms with Crippen LogP contribution in [-0.4, -0.2) is 22.6 Å². The van der Waals surface area contributed by atoms with Crippen molar-refractivity contribution in [3.8, 4) is 0 Å². The summed E-state index contributed by atoms with van der Waals surface area (Å²) in [6.07, 6.45) is 7.16. The van der Waals surface area contributed by atoms with Gasteiger partial charge in [0.1, 0.15) is 0 Å². The number of Topliss-reactive ketones (excluding diaryl/α,β-unsaturated/α-hetero) is 1. The third kappa shape index (κ3) is 2.16. The Morgan fingerprint density at radius 1 is 1.18 bits per heavy atom. The molecule has 1 amide bonds. The minimum atomic E-state index is -0.228. The van der Waals surface area contributed by atoms with Gasteiger partial charge in [0.05, 0.1) is 10.9 Å². The predicted octanol–water partition coefficient (Wildman–Crippen LogP) is 4.04. The van der Waals surface area contributed by atoms with E-state index in [1.165, 1.54) is 36.8 Å². The van der Waals surface area contributed by atoms with Gasteiger partial charge in [-0.05, 0) is 48.1 Å². The van der Waals surface area contributed by atoms with Crippen molar-refractivity contribution in [3.05, 3.63) is 33.5 Å². The highest BCUT2D eigenvalue weighted by Crippen LogP contribution is 2.43. The third-order valence-corrected chi connectivity index (χ3v) is 6.48. The van der Waals surface area contributed by atoms with E-state index in [2.05, 4.69) is 12.0 Å². The number of thiophene rings is 1. The number of hydrogen-bond donors (Lipinski definition) is 0. The normalized spacial score (nSPS) is 26.1. The summed E-state index contributed by atoms with van der Waals surface area (Å²) in [5.74, 6) is 0.881. The molecule has 1 aromatic rings. The largest absolute Gasteiger partial charge is 0.323 e. The van der Waals surface area contributed by atoms with E-state index in [1.54, 1.807) is 11.3 Å². The molecule has 22 heavy (non-hydrogen) atoms. The zero-order valence-electron chi connectivity index (χ0n) is 12.8. The molecule has 3 nitrogen and oxygen atoms in total. The van der Waals surface area contributed by atoms with Gasteiger partial charge in [-0.3, -0.25) is 9.59 Å². The van der Waals surface area contributed by atoms with Crippen LogP contribution >= 0.6 is 11.3 Å². The van der Waals surface area contributed by atoms with Crippen LogP contribution in [0.5, 0.6) is 0 Å². The first-order chi connectivity index (χ1) is 10.6. The summed E-state index contributed by atoms with van der Waals surface area (Å²) in [6.45, 7) is 4.56. The monoisotopic (exact) mass is 315 g/mol. The first-order valence-electron chi connectivity index (χ1n) is 8.25. The first kappa shape index (κ1) is 14.2. The molecule has 0 saturated heterocycles. The molecule has 2 heterocycles. The fourth-order valence-electron chi connectivity index (χ4n) is 4.23. The van der Waals surface area contributed by atoms with E-state index < -0.39 is 0 Å². The minimum Gasteiger partial charge on any atom is -0.323 e. The van der Waals surface area contributed by atoms with Gasteiger partial charge < -0.3 is 4.90 Å². The number of amides is 1. The summed E-state index contributed by atoms with van der Waals surface area (Å²) in [7, 11) is 0. The summed E-state index contributed by atoms with van der Waals surface area (Å²) in [4.78, 5) is 27.7. The molecule has 2 fully saturated rings. The molecule has 2 aliphatic carbocycles. The number of carbonyl (C=O) groups excluding carboxylic acids is 2. The average Bonchev–Trinajstić information content (AvgIpc) is 3.18. The van der Waals surface area contributed by atoms with E-state index in [1.807, 2.05) is 4.90 Å². The molecular formula is C18H21NO2S. The van der Waals surface area contributed by atoms with Crippen molar-refractivity contribution in [1.82, 2.24) is 4.90 Å². The Bertz CT molecular complexity index is 654. The van der Waals surface area contributed by atoms with Crippen LogP contribution in [-0.2, 0) is 11.3 Å². The molecule has 1 aromatic heterocycles. The second-order valence-electron chi connectivity index (χ2n) is 6.86. The smallest absolute Gasteiger partial charge is 0.265 e. The second-order valence-corrected chi connectivity index (χ2v) is 7.74. The van der Waals surface area contributed by atoms with Gasteiger partial charge in [-0.15, -0.1) is 11.3 Å². The molecular weight excluding hydrogens is 294 g/mol. The number of ketones is 1. The van der Waals surface area contributed by atoms with Crippen LogP contribution in [0.25, 0.3) is 0 Å². The highest BCUT2D eigenvalue weighted by atomic mass is 32.1. The van der Waals surface area contributed by atoms with Crippen molar-refractivity contribution in [2.24, 2.45) is 0 Å². The Balaban J connectivity index is 1.59. The Kier molecular flexibility index (Phi) is 3.44. The summed E-state index contributed by atoms with van der Waals surface area (Å²) >= 11 is 1.58. The van der Waals surface area contributed by atoms with Crippen LogP contribution in [0.15, 0.2) is 17.5 Å². The Labute approximate surface area is 135 Å². The van der Waals surface area contributed by atoms with Crippen LogP contribution in [0.1, 0.15) is 71.7 Å². The molecule has 116 valence electrons. The Hall–Kier alpha value is -1.42. The van der Waals surface area contributed by atoms with E-state index in [0.717, 1.165) is 23.3 Å². The highest BCUT2D eigenvalue weighted by molar-refractivity contribution is 7.12. The fraction of sp³-hybridized carbons (Fsp3) is 0.556. The van der Waals surface area contributed by atoms with Crippen LogP contribution < -0.4 is 0 Å². The van der Waals surface area contributed by atoms with E-state index in [-0.39, 0.29) is 17.7 Å². The molecule has 4 rings (SSSR count). The van der Waals surface area contributed by atoms with E-state index >= 15 is 0 Å². The van der Waals surface area contributed by atoms with E-state index in [0.29, 0.717) is 18.9 Å². The van der Waals surface area contributed by atoms with Gasteiger partial charge in [0.2, 0.25) is 0 Å². The average molecular weight is 315 g/mol. The van der Waals surface area contributed by atoms with Gasteiger partial charge in [0.25, 0.3) is 5.91 Å². The van der Waals surface area contributed by atoms with Crippen molar-refractivity contribution in [2.75, 3.05) is 0 Å². The first-order valence-corrected chi connectivity index (χ1v) is 9.13. The number of hydrogen-bond acceptors (Lipinski definition) is 3. The molecule has 1 atom stereocenters. The third-order valence-electron chi connectivity index (χ3n) is 5.45. The van der Waals surface area contributed by atoms with Gasteiger partial charge in [-0.1, -0.05) is 25.0 Å². The molecule has 3 aliphatic rings. The zero-order valence-corrected chi connectivity index (χ0v) is 13.6. The molecule has 0 spiro atoms. The maximum absolute atomic E-state index is 12.7. The quantitative estimate of drug-likeness (QED) is 0.772. The highest BCUT2D eigenvalue weighted by Gasteiger charge is 2.40. The van der Waals surface area contributed by atoms with E-state index in [9.17, 15) is 9.59 Å². The summed E-state index contributed by atoms with van der Waals surface area (Å²) < 4.78 is 0. The van der Waals surface area contributed by atoms with Crippen molar-refractivity contribution < 1.29 is 9.59 Å². The predicted molar refractivity (Wildman–Crippen MR) is 87.2 cm³/mol. The van der Waals surface area contributed by atoms with Crippen molar-refractivity contribution in [3.63, 3.8) is 0 Å². The molecule has 0 N–H and O–H groups in total. The molecule has 2 saturated carbocycles. The van der Waals surface area contributed by atoms with Crippen LogP contribution in [0.4, 0.5) is 0 Å². The SMILES string of the molecule is C=C1CCC(N2Cc3c(C4CCCC4)csc3C2=O)C(=O)C1. The summed E-state index contributed by atoms with van der Waals surface area (Å²) in [5, 5.41) is 2.19. The number of rotatable bonds is 2. The second kappa shape index (κ2) is 5.34.